The van der Waals surface area contributed by atoms with Gasteiger partial charge in [0.2, 0.25) is 0 Å². The molecule has 0 saturated carbocycles. The topological polar surface area (TPSA) is 51.0 Å². The Labute approximate surface area is 158 Å². The summed E-state index contributed by atoms with van der Waals surface area (Å²) in [6, 6.07) is 16.0. The molecule has 5 heteroatoms. The van der Waals surface area contributed by atoms with E-state index in [0.29, 0.717) is 12.1 Å². The number of para-hydroxylation sites is 1. The minimum Gasteiger partial charge on any atom is -0.346 e. The maximum Gasteiger partial charge on any atom is 0.254 e. The summed E-state index contributed by atoms with van der Waals surface area (Å²) in [7, 11) is 2.05. The molecular formula is C22H22N4O. The Kier molecular flexibility index (Phi) is 4.36. The normalized spacial score (nSPS) is 11.4. The van der Waals surface area contributed by atoms with Crippen LogP contribution in [0.15, 0.2) is 60.9 Å². The molecule has 0 unspecified atom stereocenters. The van der Waals surface area contributed by atoms with Gasteiger partial charge in [-0.1, -0.05) is 18.2 Å². The molecule has 4 rings (SSSR count). The maximum absolute atomic E-state index is 13.2. The van der Waals surface area contributed by atoms with Gasteiger partial charge in [-0.3, -0.25) is 14.8 Å². The van der Waals surface area contributed by atoms with Crippen molar-refractivity contribution in [1.82, 2.24) is 19.4 Å². The van der Waals surface area contributed by atoms with Gasteiger partial charge >= 0.3 is 0 Å². The fourth-order valence-corrected chi connectivity index (χ4v) is 3.42. The van der Waals surface area contributed by atoms with Gasteiger partial charge in [0.25, 0.3) is 5.91 Å². The van der Waals surface area contributed by atoms with Crippen molar-refractivity contribution in [2.45, 2.75) is 26.4 Å². The first-order valence-corrected chi connectivity index (χ1v) is 9.09. The largest absolute Gasteiger partial charge is 0.346 e. The molecule has 0 aliphatic heterocycles. The van der Waals surface area contributed by atoms with E-state index >= 15 is 0 Å². The second-order valence-electron chi connectivity index (χ2n) is 7.04. The first-order chi connectivity index (χ1) is 13.0. The van der Waals surface area contributed by atoms with Crippen molar-refractivity contribution in [2.75, 3.05) is 0 Å². The standard InChI is InChI=1S/C22H22N4O/c1-15(2)26(14-18-12-16-6-4-5-7-21(16)25(18)3)22(27)17-8-9-19-20(13-17)24-11-10-23-19/h4-13,15H,14H2,1-3H3. The monoisotopic (exact) mass is 358 g/mol. The molecule has 2 heterocycles. The van der Waals surface area contributed by atoms with Crippen LogP contribution in [-0.4, -0.2) is 31.4 Å². The van der Waals surface area contributed by atoms with Gasteiger partial charge in [0.1, 0.15) is 0 Å². The number of carbonyl (C=O) groups excluding carboxylic acids is 1. The molecule has 0 aliphatic carbocycles. The molecule has 27 heavy (non-hydrogen) atoms. The number of aromatic nitrogens is 3. The van der Waals surface area contributed by atoms with Gasteiger partial charge in [-0.15, -0.1) is 0 Å². The van der Waals surface area contributed by atoms with Crippen LogP contribution in [0.25, 0.3) is 21.9 Å². The van der Waals surface area contributed by atoms with Crippen molar-refractivity contribution >= 4 is 27.8 Å². The van der Waals surface area contributed by atoms with E-state index in [1.54, 1.807) is 12.4 Å². The molecular weight excluding hydrogens is 336 g/mol. The SMILES string of the molecule is CC(C)N(Cc1cc2ccccc2n1C)C(=O)c1ccc2nccnc2c1. The van der Waals surface area contributed by atoms with Crippen molar-refractivity contribution in [1.29, 1.82) is 0 Å². The number of carbonyl (C=O) groups is 1. The number of hydrogen-bond acceptors (Lipinski definition) is 3. The van der Waals surface area contributed by atoms with Crippen molar-refractivity contribution < 1.29 is 4.79 Å². The molecule has 2 aromatic heterocycles. The van der Waals surface area contributed by atoms with Gasteiger partial charge in [0.05, 0.1) is 17.6 Å². The summed E-state index contributed by atoms with van der Waals surface area (Å²) in [5.74, 6) is 0.00260. The number of aryl methyl sites for hydroxylation is 1. The molecule has 0 N–H and O–H groups in total. The smallest absolute Gasteiger partial charge is 0.254 e. The van der Waals surface area contributed by atoms with E-state index in [0.717, 1.165) is 16.7 Å². The Morgan fingerprint density at radius 2 is 1.78 bits per heavy atom. The van der Waals surface area contributed by atoms with E-state index < -0.39 is 0 Å². The minimum absolute atomic E-state index is 0.00260. The highest BCUT2D eigenvalue weighted by Gasteiger charge is 2.21. The second kappa shape index (κ2) is 6.83. The molecule has 4 aromatic rings. The first-order valence-electron chi connectivity index (χ1n) is 9.09. The van der Waals surface area contributed by atoms with E-state index in [9.17, 15) is 4.79 Å². The molecule has 2 aromatic carbocycles. The zero-order valence-corrected chi connectivity index (χ0v) is 15.8. The Hall–Kier alpha value is -3.21. The first kappa shape index (κ1) is 17.2. The van der Waals surface area contributed by atoms with Crippen LogP contribution in [0.1, 0.15) is 29.9 Å². The highest BCUT2D eigenvalue weighted by atomic mass is 16.2. The molecule has 1 amide bonds. The van der Waals surface area contributed by atoms with Crippen molar-refractivity contribution in [2.24, 2.45) is 7.05 Å². The third kappa shape index (κ3) is 3.16. The number of benzene rings is 2. The highest BCUT2D eigenvalue weighted by Crippen LogP contribution is 2.22. The Bertz CT molecular complexity index is 1130. The van der Waals surface area contributed by atoms with Gasteiger partial charge < -0.3 is 9.47 Å². The zero-order chi connectivity index (χ0) is 19.0. The third-order valence-corrected chi connectivity index (χ3v) is 4.98. The summed E-state index contributed by atoms with van der Waals surface area (Å²) in [5, 5.41) is 1.19. The lowest BCUT2D eigenvalue weighted by Crippen LogP contribution is -2.36. The van der Waals surface area contributed by atoms with E-state index in [-0.39, 0.29) is 11.9 Å². The molecule has 0 atom stereocenters. The molecule has 0 fully saturated rings. The third-order valence-electron chi connectivity index (χ3n) is 4.98. The van der Waals surface area contributed by atoms with E-state index in [1.807, 2.05) is 56.1 Å². The summed E-state index contributed by atoms with van der Waals surface area (Å²) < 4.78 is 2.16. The molecule has 5 nitrogen and oxygen atoms in total. The number of hydrogen-bond donors (Lipinski definition) is 0. The number of rotatable bonds is 4. The van der Waals surface area contributed by atoms with Crippen LogP contribution >= 0.6 is 0 Å². The average molecular weight is 358 g/mol. The van der Waals surface area contributed by atoms with E-state index in [2.05, 4.69) is 32.7 Å². The fraction of sp³-hybridized carbons (Fsp3) is 0.227. The van der Waals surface area contributed by atoms with Crippen LogP contribution in [0.5, 0.6) is 0 Å². The quantitative estimate of drug-likeness (QED) is 0.550. The van der Waals surface area contributed by atoms with Crippen LogP contribution < -0.4 is 0 Å². The molecule has 0 spiro atoms. The number of nitrogens with zero attached hydrogens (tertiary/aromatic N) is 4. The lowest BCUT2D eigenvalue weighted by atomic mass is 10.1. The van der Waals surface area contributed by atoms with Gasteiger partial charge in [0, 0.05) is 42.3 Å². The molecule has 0 radical (unpaired) electrons. The zero-order valence-electron chi connectivity index (χ0n) is 15.8. The van der Waals surface area contributed by atoms with Crippen LogP contribution in [0, 0.1) is 0 Å². The summed E-state index contributed by atoms with van der Waals surface area (Å²) in [6.07, 6.45) is 3.30. The summed E-state index contributed by atoms with van der Waals surface area (Å²) in [6.45, 7) is 4.64. The van der Waals surface area contributed by atoms with Gasteiger partial charge in [-0.05, 0) is 49.6 Å². The molecule has 0 aliphatic rings. The second-order valence-corrected chi connectivity index (χ2v) is 7.04. The predicted molar refractivity (Wildman–Crippen MR) is 107 cm³/mol. The van der Waals surface area contributed by atoms with Gasteiger partial charge in [-0.25, -0.2) is 0 Å². The maximum atomic E-state index is 13.2. The van der Waals surface area contributed by atoms with Crippen LogP contribution in [0.3, 0.4) is 0 Å². The lowest BCUT2D eigenvalue weighted by Gasteiger charge is -2.27. The Balaban J connectivity index is 1.68. The number of fused-ring (bicyclic) bond motifs is 2. The van der Waals surface area contributed by atoms with Crippen LogP contribution in [-0.2, 0) is 13.6 Å². The molecule has 136 valence electrons. The predicted octanol–water partition coefficient (Wildman–Crippen LogP) is 4.17. The number of amides is 1. The van der Waals surface area contributed by atoms with E-state index in [4.69, 9.17) is 0 Å². The summed E-state index contributed by atoms with van der Waals surface area (Å²) >= 11 is 0. The summed E-state index contributed by atoms with van der Waals surface area (Å²) in [5.41, 5.74) is 4.44. The van der Waals surface area contributed by atoms with Gasteiger partial charge in [0.15, 0.2) is 0 Å². The molecule has 0 saturated heterocycles. The fourth-order valence-electron chi connectivity index (χ4n) is 3.42. The lowest BCUT2D eigenvalue weighted by molar-refractivity contribution is 0.0686. The molecule has 0 bridgehead atoms. The van der Waals surface area contributed by atoms with Crippen LogP contribution in [0.4, 0.5) is 0 Å². The van der Waals surface area contributed by atoms with Crippen LogP contribution in [0.2, 0.25) is 0 Å². The van der Waals surface area contributed by atoms with Crippen molar-refractivity contribution in [3.8, 4) is 0 Å². The minimum atomic E-state index is 0.00260. The highest BCUT2D eigenvalue weighted by molar-refractivity contribution is 5.97. The average Bonchev–Trinajstić information content (AvgIpc) is 3.01. The Morgan fingerprint density at radius 3 is 2.52 bits per heavy atom. The van der Waals surface area contributed by atoms with Crippen molar-refractivity contribution in [3.63, 3.8) is 0 Å². The van der Waals surface area contributed by atoms with Crippen molar-refractivity contribution in [3.05, 3.63) is 72.2 Å². The Morgan fingerprint density at radius 1 is 1.04 bits per heavy atom. The van der Waals surface area contributed by atoms with E-state index in [1.165, 1.54) is 10.9 Å². The van der Waals surface area contributed by atoms with Gasteiger partial charge in [-0.2, -0.15) is 0 Å². The summed E-state index contributed by atoms with van der Waals surface area (Å²) in [4.78, 5) is 23.7.